The van der Waals surface area contributed by atoms with Crippen LogP contribution in [0.3, 0.4) is 0 Å². The molecule has 1 fully saturated rings. The fourth-order valence-electron chi connectivity index (χ4n) is 3.49. The summed E-state index contributed by atoms with van der Waals surface area (Å²) < 4.78 is 27.0. The smallest absolute Gasteiger partial charge is 0.265 e. The summed E-state index contributed by atoms with van der Waals surface area (Å²) in [5.74, 6) is 0. The second kappa shape index (κ2) is 5.79. The summed E-state index contributed by atoms with van der Waals surface area (Å²) in [6.45, 7) is 6.62. The molecule has 2 atom stereocenters. The number of fused-ring (bicyclic) bond motifs is 1. The molecule has 2 unspecified atom stereocenters. The zero-order valence-electron chi connectivity index (χ0n) is 12.6. The van der Waals surface area contributed by atoms with E-state index in [2.05, 4.69) is 29.4 Å². The molecule has 0 saturated carbocycles. The van der Waals surface area contributed by atoms with E-state index in [1.165, 1.54) is 5.56 Å². The lowest BCUT2D eigenvalue weighted by molar-refractivity contribution is 0.151. The molecule has 3 nitrogen and oxygen atoms in total. The molecule has 0 aliphatic carbocycles. The van der Waals surface area contributed by atoms with Crippen LogP contribution in [-0.4, -0.2) is 31.7 Å². The number of aryl methyl sites for hydroxylation is 1. The molecule has 1 aromatic rings. The highest BCUT2D eigenvalue weighted by Crippen LogP contribution is 2.37. The second-order valence-corrected chi connectivity index (χ2v) is 6.27. The third kappa shape index (κ3) is 2.98. The molecule has 1 aromatic carbocycles. The number of piperazine rings is 1. The molecule has 2 heterocycles. The summed E-state index contributed by atoms with van der Waals surface area (Å²) in [6, 6.07) is 4.27. The van der Waals surface area contributed by atoms with Crippen LogP contribution >= 0.6 is 0 Å². The summed E-state index contributed by atoms with van der Waals surface area (Å²) in [4.78, 5) is 2.11. The molecule has 0 radical (unpaired) electrons. The average Bonchev–Trinajstić information content (AvgIpc) is 2.44. The number of anilines is 2. The van der Waals surface area contributed by atoms with Crippen molar-refractivity contribution in [3.05, 3.63) is 23.3 Å². The van der Waals surface area contributed by atoms with E-state index < -0.39 is 6.43 Å². The van der Waals surface area contributed by atoms with E-state index in [1.54, 1.807) is 6.07 Å². The van der Waals surface area contributed by atoms with Gasteiger partial charge in [0.1, 0.15) is 0 Å². The van der Waals surface area contributed by atoms with Crippen molar-refractivity contribution >= 4 is 11.4 Å². The Labute approximate surface area is 124 Å². The molecule has 5 heteroatoms. The fourth-order valence-corrected chi connectivity index (χ4v) is 3.49. The molecule has 0 amide bonds. The maximum atomic E-state index is 13.5. The summed E-state index contributed by atoms with van der Waals surface area (Å²) in [7, 11) is 0. The number of benzene rings is 1. The Kier molecular flexibility index (Phi) is 4.02. The van der Waals surface area contributed by atoms with Gasteiger partial charge in [0, 0.05) is 48.7 Å². The molecule has 2 aliphatic heterocycles. The predicted molar refractivity (Wildman–Crippen MR) is 82.5 cm³/mol. The zero-order valence-corrected chi connectivity index (χ0v) is 12.6. The first-order chi connectivity index (χ1) is 10.0. The second-order valence-electron chi connectivity index (χ2n) is 6.27. The van der Waals surface area contributed by atoms with Crippen LogP contribution in [0.4, 0.5) is 20.2 Å². The highest BCUT2D eigenvalue weighted by Gasteiger charge is 2.26. The van der Waals surface area contributed by atoms with Crippen LogP contribution in [-0.2, 0) is 6.42 Å². The molecule has 1 saturated heterocycles. The normalized spacial score (nSPS) is 25.7. The summed E-state index contributed by atoms with van der Waals surface area (Å²) in [5.41, 5.74) is 2.92. The Hall–Kier alpha value is -1.36. The number of hydrogen-bond donors (Lipinski definition) is 2. The van der Waals surface area contributed by atoms with E-state index in [1.807, 2.05) is 6.07 Å². The van der Waals surface area contributed by atoms with Crippen molar-refractivity contribution in [2.45, 2.75) is 45.2 Å². The quantitative estimate of drug-likeness (QED) is 0.877. The Morgan fingerprint density at radius 3 is 2.57 bits per heavy atom. The van der Waals surface area contributed by atoms with Crippen molar-refractivity contribution in [3.63, 3.8) is 0 Å². The maximum absolute atomic E-state index is 13.5. The topological polar surface area (TPSA) is 27.3 Å². The van der Waals surface area contributed by atoms with Gasteiger partial charge in [-0.3, -0.25) is 0 Å². The standard InChI is InChI=1S/C16H23F2N3/c1-10-8-21(9-11(2)20-10)15-6-12-4-3-5-19-14(12)7-13(15)16(17)18/h6-7,10-11,16,19-20H,3-5,8-9H2,1-2H3. The third-order valence-electron chi connectivity index (χ3n) is 4.32. The van der Waals surface area contributed by atoms with Crippen molar-refractivity contribution in [1.82, 2.24) is 5.32 Å². The van der Waals surface area contributed by atoms with Crippen molar-refractivity contribution in [3.8, 4) is 0 Å². The van der Waals surface area contributed by atoms with Crippen LogP contribution in [0, 0.1) is 0 Å². The van der Waals surface area contributed by atoms with Gasteiger partial charge in [0.25, 0.3) is 6.43 Å². The first-order valence-electron chi connectivity index (χ1n) is 7.74. The molecular formula is C16H23F2N3. The first kappa shape index (κ1) is 14.6. The molecule has 2 aliphatic rings. The van der Waals surface area contributed by atoms with Gasteiger partial charge < -0.3 is 15.5 Å². The van der Waals surface area contributed by atoms with Gasteiger partial charge in [-0.2, -0.15) is 0 Å². The first-order valence-corrected chi connectivity index (χ1v) is 7.74. The van der Waals surface area contributed by atoms with Gasteiger partial charge in [0.2, 0.25) is 0 Å². The minimum Gasteiger partial charge on any atom is -0.385 e. The van der Waals surface area contributed by atoms with Gasteiger partial charge >= 0.3 is 0 Å². The van der Waals surface area contributed by atoms with E-state index >= 15 is 0 Å². The number of nitrogens with zero attached hydrogens (tertiary/aromatic N) is 1. The Bertz CT molecular complexity index is 508. The molecule has 2 N–H and O–H groups in total. The van der Waals surface area contributed by atoms with Gasteiger partial charge in [-0.1, -0.05) is 0 Å². The van der Waals surface area contributed by atoms with Crippen LogP contribution < -0.4 is 15.5 Å². The van der Waals surface area contributed by atoms with Gasteiger partial charge in [-0.15, -0.1) is 0 Å². The van der Waals surface area contributed by atoms with Crippen LogP contribution in [0.2, 0.25) is 0 Å². The van der Waals surface area contributed by atoms with Gasteiger partial charge in [0.05, 0.1) is 0 Å². The van der Waals surface area contributed by atoms with E-state index in [9.17, 15) is 8.78 Å². The highest BCUT2D eigenvalue weighted by atomic mass is 19.3. The average molecular weight is 295 g/mol. The van der Waals surface area contributed by atoms with E-state index in [0.717, 1.165) is 38.2 Å². The van der Waals surface area contributed by atoms with Gasteiger partial charge in [0.15, 0.2) is 0 Å². The van der Waals surface area contributed by atoms with Gasteiger partial charge in [-0.05, 0) is 44.4 Å². The molecule has 116 valence electrons. The third-order valence-corrected chi connectivity index (χ3v) is 4.32. The van der Waals surface area contributed by atoms with Crippen LogP contribution in [0.5, 0.6) is 0 Å². The zero-order chi connectivity index (χ0) is 15.0. The molecular weight excluding hydrogens is 272 g/mol. The van der Waals surface area contributed by atoms with Crippen LogP contribution in [0.15, 0.2) is 12.1 Å². The molecule has 0 bridgehead atoms. The van der Waals surface area contributed by atoms with E-state index in [4.69, 9.17) is 0 Å². The molecule has 0 aromatic heterocycles. The predicted octanol–water partition coefficient (Wildman–Crippen LogP) is 3.17. The number of hydrogen-bond acceptors (Lipinski definition) is 3. The lowest BCUT2D eigenvalue weighted by Crippen LogP contribution is -2.54. The monoisotopic (exact) mass is 295 g/mol. The number of halogens is 2. The lowest BCUT2D eigenvalue weighted by atomic mass is 9.98. The minimum absolute atomic E-state index is 0.157. The molecule has 0 spiro atoms. The fraction of sp³-hybridized carbons (Fsp3) is 0.625. The lowest BCUT2D eigenvalue weighted by Gasteiger charge is -2.39. The number of alkyl halides is 2. The van der Waals surface area contributed by atoms with Crippen molar-refractivity contribution in [1.29, 1.82) is 0 Å². The number of rotatable bonds is 2. The van der Waals surface area contributed by atoms with Gasteiger partial charge in [-0.25, -0.2) is 8.78 Å². The Balaban J connectivity index is 1.99. The summed E-state index contributed by atoms with van der Waals surface area (Å²) >= 11 is 0. The molecule has 3 rings (SSSR count). The largest absolute Gasteiger partial charge is 0.385 e. The minimum atomic E-state index is -2.44. The molecule has 21 heavy (non-hydrogen) atoms. The van der Waals surface area contributed by atoms with Crippen LogP contribution in [0.25, 0.3) is 0 Å². The van der Waals surface area contributed by atoms with Crippen molar-refractivity contribution in [2.24, 2.45) is 0 Å². The maximum Gasteiger partial charge on any atom is 0.265 e. The Morgan fingerprint density at radius 1 is 1.19 bits per heavy atom. The van der Waals surface area contributed by atoms with Crippen LogP contribution in [0.1, 0.15) is 37.8 Å². The van der Waals surface area contributed by atoms with E-state index in [0.29, 0.717) is 17.8 Å². The number of nitrogens with one attached hydrogen (secondary N) is 2. The van der Waals surface area contributed by atoms with E-state index in [-0.39, 0.29) is 5.56 Å². The van der Waals surface area contributed by atoms with Crippen molar-refractivity contribution < 1.29 is 8.78 Å². The van der Waals surface area contributed by atoms with Crippen molar-refractivity contribution in [2.75, 3.05) is 29.9 Å². The SMILES string of the molecule is CC1CN(c2cc3c(cc2C(F)F)NCCC3)CC(C)N1. The Morgan fingerprint density at radius 2 is 1.90 bits per heavy atom. The highest BCUT2D eigenvalue weighted by molar-refractivity contribution is 5.67. The summed E-state index contributed by atoms with van der Waals surface area (Å²) in [6.07, 6.45) is -0.403. The summed E-state index contributed by atoms with van der Waals surface area (Å²) in [5, 5.41) is 6.69.